The van der Waals surface area contributed by atoms with Crippen molar-refractivity contribution in [3.05, 3.63) is 12.2 Å². The third kappa shape index (κ3) is 23.1. The fourth-order valence-corrected chi connectivity index (χ4v) is 3.70. The summed E-state index contributed by atoms with van der Waals surface area (Å²) in [6.45, 7) is 2.72. The summed E-state index contributed by atoms with van der Waals surface area (Å²) in [5.41, 5.74) is 0. The van der Waals surface area contributed by atoms with Crippen molar-refractivity contribution in [3.63, 3.8) is 0 Å². The van der Waals surface area contributed by atoms with Crippen LogP contribution >= 0.6 is 0 Å². The highest BCUT2D eigenvalue weighted by atomic mass is 16.5. The predicted molar refractivity (Wildman–Crippen MR) is 126 cm³/mol. The summed E-state index contributed by atoms with van der Waals surface area (Å²) < 4.78 is 5.92. The van der Waals surface area contributed by atoms with E-state index in [0.717, 1.165) is 19.3 Å². The molecule has 0 N–H and O–H groups in total. The molecule has 0 aromatic carbocycles. The predicted octanol–water partition coefficient (Wildman–Crippen LogP) is 5.17. The number of carbonyl (C=O) groups excluding carboxylic acids is 2. The number of hydrogen-bond donors (Lipinski definition) is 0. The molecule has 0 bridgehead atoms. The average Bonchev–Trinajstić information content (AvgIpc) is 2.65. The molecule has 5 heteroatoms. The smallest absolute Gasteiger partial charge is 0.306 e. The topological polar surface area (TPSA) is 66.4 Å². The number of aliphatic carboxylic acids is 1. The summed E-state index contributed by atoms with van der Waals surface area (Å²) in [4.78, 5) is 22.9. The van der Waals surface area contributed by atoms with Crippen molar-refractivity contribution < 1.29 is 23.9 Å². The molecular formula is C26H49NO4. The van der Waals surface area contributed by atoms with Crippen molar-refractivity contribution in [2.75, 3.05) is 27.7 Å². The number of carboxylic acids is 1. The molecule has 31 heavy (non-hydrogen) atoms. The molecule has 0 amide bonds. The Kier molecular flexibility index (Phi) is 18.5. The van der Waals surface area contributed by atoms with Gasteiger partial charge in [0.1, 0.15) is 6.54 Å². The van der Waals surface area contributed by atoms with Crippen molar-refractivity contribution in [2.24, 2.45) is 0 Å². The number of unbranched alkanes of at least 4 members (excludes halogenated alkanes) is 12. The number of allylic oxidation sites excluding steroid dienone is 2. The van der Waals surface area contributed by atoms with Gasteiger partial charge in [0.25, 0.3) is 0 Å². The van der Waals surface area contributed by atoms with Crippen LogP contribution < -0.4 is 5.11 Å². The van der Waals surface area contributed by atoms with Gasteiger partial charge in [-0.05, 0) is 32.1 Å². The summed E-state index contributed by atoms with van der Waals surface area (Å²) in [6, 6.07) is 0. The minimum absolute atomic E-state index is 0.241. The first-order valence-corrected chi connectivity index (χ1v) is 12.6. The second-order valence-electron chi connectivity index (χ2n) is 9.85. The van der Waals surface area contributed by atoms with Crippen LogP contribution in [0.2, 0.25) is 0 Å². The van der Waals surface area contributed by atoms with E-state index in [4.69, 9.17) is 4.74 Å². The number of likely N-dealkylation sites (N-methyl/N-ethyl adjacent to an activating group) is 1. The number of carboxylic acid groups (broad SMARTS) is 1. The molecule has 0 aliphatic heterocycles. The molecule has 0 fully saturated rings. The lowest BCUT2D eigenvalue weighted by molar-refractivity contribution is -0.873. The van der Waals surface area contributed by atoms with E-state index < -0.39 is 12.1 Å². The quantitative estimate of drug-likeness (QED) is 0.107. The zero-order valence-electron chi connectivity index (χ0n) is 20.8. The summed E-state index contributed by atoms with van der Waals surface area (Å²) in [7, 11) is 5.84. The fourth-order valence-electron chi connectivity index (χ4n) is 3.70. The largest absolute Gasteiger partial charge is 0.550 e. The normalized spacial score (nSPS) is 12.9. The number of esters is 1. The summed E-state index contributed by atoms with van der Waals surface area (Å²) >= 11 is 0. The van der Waals surface area contributed by atoms with E-state index >= 15 is 0 Å². The standard InChI is InChI=1S/C26H49NO4/c1-5-6-7-8-9-10-11-12-13-14-15-16-17-18-19-20-21-26(30)31-24(22-25(28)29)23-27(2,3)4/h12-13,24H,5-11,14-23H2,1-4H3/b13-12+. The molecule has 1 unspecified atom stereocenters. The van der Waals surface area contributed by atoms with E-state index in [1.807, 2.05) is 21.1 Å². The Morgan fingerprint density at radius 1 is 0.806 bits per heavy atom. The monoisotopic (exact) mass is 439 g/mol. The van der Waals surface area contributed by atoms with E-state index in [9.17, 15) is 14.7 Å². The number of hydrogen-bond acceptors (Lipinski definition) is 4. The third-order valence-electron chi connectivity index (χ3n) is 5.34. The van der Waals surface area contributed by atoms with Crippen LogP contribution in [0, 0.1) is 0 Å². The number of rotatable bonds is 21. The van der Waals surface area contributed by atoms with Crippen LogP contribution in [0.1, 0.15) is 110 Å². The molecule has 0 heterocycles. The van der Waals surface area contributed by atoms with Gasteiger partial charge in [0.2, 0.25) is 0 Å². The van der Waals surface area contributed by atoms with E-state index in [1.165, 1.54) is 70.6 Å². The van der Waals surface area contributed by atoms with Gasteiger partial charge in [-0.25, -0.2) is 0 Å². The zero-order chi connectivity index (χ0) is 23.4. The molecule has 0 saturated heterocycles. The molecule has 0 aliphatic carbocycles. The lowest BCUT2D eigenvalue weighted by Gasteiger charge is -2.29. The second-order valence-corrected chi connectivity index (χ2v) is 9.85. The van der Waals surface area contributed by atoms with Crippen molar-refractivity contribution in [1.29, 1.82) is 0 Å². The highest BCUT2D eigenvalue weighted by Crippen LogP contribution is 2.12. The van der Waals surface area contributed by atoms with E-state index in [-0.39, 0.29) is 12.4 Å². The summed E-state index contributed by atoms with van der Waals surface area (Å²) in [5, 5.41) is 10.9. The minimum Gasteiger partial charge on any atom is -0.550 e. The highest BCUT2D eigenvalue weighted by molar-refractivity contribution is 5.70. The maximum Gasteiger partial charge on any atom is 0.306 e. The summed E-state index contributed by atoms with van der Waals surface area (Å²) in [5.74, 6) is -1.47. The Hall–Kier alpha value is -1.36. The first kappa shape index (κ1) is 29.6. The number of nitrogens with zero attached hydrogens (tertiary/aromatic N) is 1. The molecule has 182 valence electrons. The van der Waals surface area contributed by atoms with Crippen molar-refractivity contribution in [1.82, 2.24) is 0 Å². The van der Waals surface area contributed by atoms with Crippen LogP contribution in [0.3, 0.4) is 0 Å². The first-order valence-electron chi connectivity index (χ1n) is 12.6. The van der Waals surface area contributed by atoms with Gasteiger partial charge in [-0.3, -0.25) is 4.79 Å². The fraction of sp³-hybridized carbons (Fsp3) is 0.846. The lowest BCUT2D eigenvalue weighted by Crippen LogP contribution is -2.45. The molecule has 0 saturated carbocycles. The number of carbonyl (C=O) groups is 2. The van der Waals surface area contributed by atoms with E-state index in [2.05, 4.69) is 19.1 Å². The van der Waals surface area contributed by atoms with Crippen LogP contribution in [0.4, 0.5) is 0 Å². The van der Waals surface area contributed by atoms with Crippen molar-refractivity contribution in [3.8, 4) is 0 Å². The second kappa shape index (κ2) is 19.3. The van der Waals surface area contributed by atoms with Crippen LogP contribution in [0.15, 0.2) is 12.2 Å². The van der Waals surface area contributed by atoms with Gasteiger partial charge in [-0.2, -0.15) is 0 Å². The number of quaternary nitrogens is 1. The maximum atomic E-state index is 12.0. The van der Waals surface area contributed by atoms with Crippen LogP contribution in [0.25, 0.3) is 0 Å². The SMILES string of the molecule is CCCCCCCC/C=C/CCCCCCCCC(=O)OC(CC(=O)[O-])C[N+](C)(C)C. The minimum atomic E-state index is -1.18. The van der Waals surface area contributed by atoms with Crippen LogP contribution in [-0.2, 0) is 14.3 Å². The molecule has 0 aliphatic rings. The average molecular weight is 440 g/mol. The molecule has 0 aromatic rings. The Labute approximate surface area is 191 Å². The number of ether oxygens (including phenoxy) is 1. The van der Waals surface area contributed by atoms with E-state index in [0.29, 0.717) is 17.4 Å². The first-order chi connectivity index (χ1) is 14.7. The molecular weight excluding hydrogens is 390 g/mol. The molecule has 0 rings (SSSR count). The molecule has 1 atom stereocenters. The zero-order valence-corrected chi connectivity index (χ0v) is 20.8. The van der Waals surface area contributed by atoms with Gasteiger partial charge in [0.05, 0.1) is 21.1 Å². The molecule has 0 spiro atoms. The third-order valence-corrected chi connectivity index (χ3v) is 5.34. The van der Waals surface area contributed by atoms with Gasteiger partial charge < -0.3 is 19.1 Å². The van der Waals surface area contributed by atoms with Crippen molar-refractivity contribution in [2.45, 2.75) is 116 Å². The van der Waals surface area contributed by atoms with Gasteiger partial charge >= 0.3 is 5.97 Å². The van der Waals surface area contributed by atoms with Crippen LogP contribution in [-0.4, -0.2) is 50.2 Å². The van der Waals surface area contributed by atoms with Gasteiger partial charge in [-0.15, -0.1) is 0 Å². The Morgan fingerprint density at radius 2 is 1.29 bits per heavy atom. The lowest BCUT2D eigenvalue weighted by atomic mass is 10.1. The van der Waals surface area contributed by atoms with Crippen molar-refractivity contribution >= 4 is 11.9 Å². The highest BCUT2D eigenvalue weighted by Gasteiger charge is 2.22. The summed E-state index contributed by atoms with van der Waals surface area (Å²) in [6.07, 6.45) is 21.4. The van der Waals surface area contributed by atoms with Crippen LogP contribution in [0.5, 0.6) is 0 Å². The Bertz CT molecular complexity index is 482. The Balaban J connectivity index is 3.61. The Morgan fingerprint density at radius 3 is 1.77 bits per heavy atom. The van der Waals surface area contributed by atoms with Gasteiger partial charge in [-0.1, -0.05) is 76.9 Å². The van der Waals surface area contributed by atoms with Gasteiger partial charge in [0, 0.05) is 18.8 Å². The van der Waals surface area contributed by atoms with Gasteiger partial charge in [0.15, 0.2) is 6.10 Å². The molecule has 0 aromatic heterocycles. The molecule has 5 nitrogen and oxygen atoms in total. The maximum absolute atomic E-state index is 12.0. The molecule has 0 radical (unpaired) electrons. The van der Waals surface area contributed by atoms with E-state index in [1.54, 1.807) is 0 Å².